The van der Waals surface area contributed by atoms with E-state index < -0.39 is 300 Å². The molecule has 6 heterocycles. The van der Waals surface area contributed by atoms with Gasteiger partial charge in [0.1, 0.15) is 190 Å². The lowest BCUT2D eigenvalue weighted by Crippen LogP contribution is -2.69. The van der Waals surface area contributed by atoms with E-state index in [1.165, 1.54) is 89.9 Å². The van der Waals surface area contributed by atoms with Crippen LogP contribution in [0.15, 0.2) is 0 Å². The first-order valence-electron chi connectivity index (χ1n) is 43.9. The molecule has 123 heavy (non-hydrogen) atoms. The predicted molar refractivity (Wildman–Crippen MR) is 417 cm³/mol. The third kappa shape index (κ3) is 32.5. The van der Waals surface area contributed by atoms with E-state index in [1.807, 2.05) is 0 Å². The van der Waals surface area contributed by atoms with Gasteiger partial charge < -0.3 is 189 Å². The molecule has 43 nitrogen and oxygen atoms in total. The molecule has 0 aromatic rings. The van der Waals surface area contributed by atoms with Gasteiger partial charge in [0, 0.05) is 12.8 Å². The molecule has 0 amide bonds. The molecule has 0 radical (unpaired) electrons. The number of rotatable bonds is 56. The summed E-state index contributed by atoms with van der Waals surface area (Å²) in [4.78, 5) is 38.4. The summed E-state index contributed by atoms with van der Waals surface area (Å²) in [7, 11) is -5.88. The molecule has 722 valence electrons. The average molecular weight is 1810 g/mol. The summed E-state index contributed by atoms with van der Waals surface area (Å²) in [5, 5.41) is 250. The summed E-state index contributed by atoms with van der Waals surface area (Å²) in [5.74, 6) is -1.49. The highest BCUT2D eigenvalue weighted by Gasteiger charge is 2.60. The highest BCUT2D eigenvalue weighted by atomic mass is 31.2. The number of carbonyl (C=O) groups excluding carboxylic acids is 2. The van der Waals surface area contributed by atoms with Gasteiger partial charge in [0.15, 0.2) is 43.8 Å². The fourth-order valence-corrected chi connectivity index (χ4v) is 16.7. The zero-order chi connectivity index (χ0) is 90.2. The smallest absolute Gasteiger partial charge is 0.462 e. The average Bonchev–Trinajstić information content (AvgIpc) is 0.762. The highest BCUT2D eigenvalue weighted by Crippen LogP contribution is 2.49. The van der Waals surface area contributed by atoms with Gasteiger partial charge in [-0.15, -0.1) is 0 Å². The largest absolute Gasteiger partial charge is 0.472 e. The zero-order valence-corrected chi connectivity index (χ0v) is 71.1. The third-order valence-corrected chi connectivity index (χ3v) is 24.5. The van der Waals surface area contributed by atoms with E-state index in [0.717, 1.165) is 70.6 Å². The molecule has 0 spiro atoms. The molecule has 1 saturated carbocycles. The van der Waals surface area contributed by atoms with Crippen LogP contribution in [-0.2, 0) is 89.5 Å². The van der Waals surface area contributed by atoms with Crippen LogP contribution in [0.5, 0.6) is 0 Å². The van der Waals surface area contributed by atoms with Gasteiger partial charge in [0.2, 0.25) is 0 Å². The molecule has 7 rings (SSSR count). The van der Waals surface area contributed by atoms with Crippen molar-refractivity contribution in [3.8, 4) is 0 Å². The molecule has 16 unspecified atom stereocenters. The van der Waals surface area contributed by atoms with Crippen LogP contribution in [0.2, 0.25) is 0 Å². The van der Waals surface area contributed by atoms with Crippen molar-refractivity contribution in [2.24, 2.45) is 0 Å². The molecule has 6 aliphatic heterocycles. The molecule has 44 heteroatoms. The summed E-state index contributed by atoms with van der Waals surface area (Å²) < 4.78 is 104. The molecule has 0 bridgehead atoms. The molecule has 0 aromatic carbocycles. The number of unbranched alkanes of at least 4 members (excludes halogenated alkanes) is 26. The molecule has 6 saturated heterocycles. The standard InChI is InChI=1S/C79H143O43P/c1-3-5-7-9-11-13-15-17-18-20-22-24-26-28-30-32-49(83)113-41(35-107-48(82)31-29-27-25-23-21-19-16-14-12-10-8-6-4-2)36-112-123(105,106)122-73-71(120-78-69(103)57(91)51(85)43(34-81)115-78)63(97)62(96)64(98)72(73)121-79-70(104)61(95)55(89)47(119-79)40-111-77-68(102)60(94)54(88)46(118-77)39-110-76-67(101)59(93)53(87)45(117-76)38-109-75-66(100)58(92)52(86)44(116-75)37-108-74-65(99)56(90)50(84)42(33-80)114-74/h41-47,50-81,84-104H,3-40H2,1-2H3,(H,105,106)/t41-,42?,43?,44?,45?,46?,47?,50+,51-,52+,53+,54+,55+,56?,57?,58?,59?,60?,61?,62+,63?,64?,65+,66+,67+,68+,69-,70+,71-,72?,73+,74-,75-,76-,77-,78-,79+/m1/s1. The molecule has 24 N–H and O–H groups in total. The van der Waals surface area contributed by atoms with E-state index in [-0.39, 0.29) is 12.8 Å². The van der Waals surface area contributed by atoms with E-state index in [1.54, 1.807) is 0 Å². The number of phosphoric ester groups is 1. The van der Waals surface area contributed by atoms with E-state index in [0.29, 0.717) is 19.3 Å². The Balaban J connectivity index is 1.000. The molecule has 38 atom stereocenters. The Hall–Kier alpha value is -2.35. The summed E-state index contributed by atoms with van der Waals surface area (Å²) >= 11 is 0. The Kier molecular flexibility index (Phi) is 48.3. The van der Waals surface area contributed by atoms with Gasteiger partial charge in [-0.2, -0.15) is 0 Å². The third-order valence-electron chi connectivity index (χ3n) is 23.5. The lowest BCUT2D eigenvalue weighted by atomic mass is 9.84. The van der Waals surface area contributed by atoms with Crippen molar-refractivity contribution < 1.29 is 212 Å². The first kappa shape index (κ1) is 108. The van der Waals surface area contributed by atoms with Gasteiger partial charge in [-0.05, 0) is 12.8 Å². The van der Waals surface area contributed by atoms with Crippen LogP contribution in [0, 0.1) is 0 Å². The summed E-state index contributed by atoms with van der Waals surface area (Å²) in [6.45, 7) is -2.89. The summed E-state index contributed by atoms with van der Waals surface area (Å²) in [5.41, 5.74) is 0. The van der Waals surface area contributed by atoms with Gasteiger partial charge in [0.05, 0.1) is 46.2 Å². The second kappa shape index (κ2) is 55.2. The van der Waals surface area contributed by atoms with Crippen LogP contribution in [-0.4, -0.2) is 414 Å². The predicted octanol–water partition coefficient (Wildman–Crippen LogP) is -4.55. The van der Waals surface area contributed by atoms with Crippen LogP contribution >= 0.6 is 7.82 Å². The lowest BCUT2D eigenvalue weighted by molar-refractivity contribution is -0.365. The van der Waals surface area contributed by atoms with E-state index >= 15 is 0 Å². The number of aliphatic hydroxyl groups is 23. The first-order chi connectivity index (χ1) is 58.7. The van der Waals surface area contributed by atoms with E-state index in [2.05, 4.69) is 13.8 Å². The van der Waals surface area contributed by atoms with Crippen molar-refractivity contribution in [1.29, 1.82) is 0 Å². The molecule has 0 aromatic heterocycles. The summed E-state index contributed by atoms with van der Waals surface area (Å²) in [6.07, 6.45) is -47.5. The van der Waals surface area contributed by atoms with Gasteiger partial charge in [-0.1, -0.05) is 181 Å². The highest BCUT2D eigenvalue weighted by molar-refractivity contribution is 7.47. The number of phosphoric acid groups is 1. The normalized spacial score (nSPS) is 39.6. The van der Waals surface area contributed by atoms with Crippen molar-refractivity contribution in [3.05, 3.63) is 0 Å². The topological polar surface area (TPSA) is 684 Å². The van der Waals surface area contributed by atoms with Gasteiger partial charge in [-0.25, -0.2) is 4.57 Å². The Morgan fingerprint density at radius 2 is 0.537 bits per heavy atom. The van der Waals surface area contributed by atoms with Crippen molar-refractivity contribution in [3.63, 3.8) is 0 Å². The fraction of sp³-hybridized carbons (Fsp3) is 0.975. The van der Waals surface area contributed by atoms with Crippen molar-refractivity contribution in [2.45, 2.75) is 433 Å². The van der Waals surface area contributed by atoms with Crippen LogP contribution in [0.1, 0.15) is 206 Å². The van der Waals surface area contributed by atoms with Crippen molar-refractivity contribution in [1.82, 2.24) is 0 Å². The van der Waals surface area contributed by atoms with E-state index in [4.69, 9.17) is 75.4 Å². The second-order valence-corrected chi connectivity index (χ2v) is 34.7. The molecule has 7 fully saturated rings. The number of carbonyl (C=O) groups is 2. The monoisotopic (exact) mass is 1810 g/mol. The molecular formula is C79H143O43P. The Morgan fingerprint density at radius 3 is 0.837 bits per heavy atom. The number of hydrogen-bond acceptors (Lipinski definition) is 42. The maximum absolute atomic E-state index is 14.5. The van der Waals surface area contributed by atoms with Gasteiger partial charge >= 0.3 is 19.8 Å². The van der Waals surface area contributed by atoms with Crippen LogP contribution in [0.25, 0.3) is 0 Å². The Morgan fingerprint density at radius 1 is 0.293 bits per heavy atom. The van der Waals surface area contributed by atoms with Crippen molar-refractivity contribution >= 4 is 19.8 Å². The number of hydrogen-bond donors (Lipinski definition) is 24. The fourth-order valence-electron chi connectivity index (χ4n) is 15.7. The Labute approximate surface area is 715 Å². The van der Waals surface area contributed by atoms with Crippen molar-refractivity contribution in [2.75, 3.05) is 52.9 Å². The summed E-state index contributed by atoms with van der Waals surface area (Å²) in [6, 6.07) is 0. The second-order valence-electron chi connectivity index (χ2n) is 33.3. The first-order valence-corrected chi connectivity index (χ1v) is 45.4. The van der Waals surface area contributed by atoms with Crippen LogP contribution in [0.4, 0.5) is 0 Å². The number of aliphatic hydroxyl groups excluding tert-OH is 23. The van der Waals surface area contributed by atoms with Crippen LogP contribution in [0.3, 0.4) is 0 Å². The molecular weight excluding hydrogens is 1670 g/mol. The van der Waals surface area contributed by atoms with Gasteiger partial charge in [0.25, 0.3) is 0 Å². The molecule has 1 aliphatic carbocycles. The number of ether oxygens (including phenoxy) is 14. The minimum absolute atomic E-state index is 0.0273. The SMILES string of the molecule is CCCCCCCCCCCCCCCCCC(=O)O[C@H](COC(=O)CCCCCCCCCCCCCCC)COP(=O)(O)O[C@@H]1C(O[C@@H]2OC(CO[C@@H]3OC(CO[C@@H]4OC(CO[C@@H]5OC(CO[C@@H]6OC(CO)[C@H](O)C(O)[C@@H]6O)[C@H](O)C(O)[C@@H]5O)[C@H](O)C(O)[C@@H]4O)[C@H](O)C(O)[C@@H]3O)[C@H](O)C(O)[C@@H]2O)C(O)[C@@H](O)C(O)[C@H]1O[C@H]1OC(CO)[C@@H](O)C(O)[C@H]1O. The van der Waals surface area contributed by atoms with E-state index in [9.17, 15) is 136 Å². The lowest BCUT2D eigenvalue weighted by Gasteiger charge is -2.49. The van der Waals surface area contributed by atoms with Gasteiger partial charge in [-0.3, -0.25) is 18.6 Å². The maximum atomic E-state index is 14.5. The zero-order valence-electron chi connectivity index (χ0n) is 70.2. The quantitative estimate of drug-likeness (QED) is 0.0155. The minimum Gasteiger partial charge on any atom is -0.462 e. The minimum atomic E-state index is -5.88. The Bertz CT molecular complexity index is 2930. The molecule has 7 aliphatic rings. The van der Waals surface area contributed by atoms with Crippen LogP contribution < -0.4 is 0 Å². The number of esters is 2. The maximum Gasteiger partial charge on any atom is 0.472 e.